The van der Waals surface area contributed by atoms with Gasteiger partial charge in [0.05, 0.1) is 15.9 Å². The molecule has 1 heterocycles. The lowest BCUT2D eigenvalue weighted by molar-refractivity contribution is 0.131. The fourth-order valence-electron chi connectivity index (χ4n) is 4.74. The van der Waals surface area contributed by atoms with Crippen LogP contribution >= 0.6 is 15.9 Å². The first-order chi connectivity index (χ1) is 12.8. The Morgan fingerprint density at radius 1 is 1.00 bits per heavy atom. The van der Waals surface area contributed by atoms with E-state index in [9.17, 15) is 13.2 Å². The van der Waals surface area contributed by atoms with Crippen LogP contribution in [0.3, 0.4) is 0 Å². The number of aryl methyl sites for hydroxylation is 2. The van der Waals surface area contributed by atoms with Crippen molar-refractivity contribution >= 4 is 37.0 Å². The molecule has 1 aromatic heterocycles. The standard InChI is InChI=1S/C19H26BrN3O3S/c1-22-16-10-15(20)18(11-17(16)23(2)19(22)24)27(25,26)21-14-8-13(9-14)12-6-4-3-5-7-12/h10-14,21H,3-9H2,1-2H3. The number of hydrogen-bond donors (Lipinski definition) is 1. The quantitative estimate of drug-likeness (QED) is 0.768. The molecule has 2 aliphatic carbocycles. The molecule has 0 unspecified atom stereocenters. The van der Waals surface area contributed by atoms with Crippen LogP contribution in [0.5, 0.6) is 0 Å². The number of aromatic nitrogens is 2. The molecule has 0 amide bonds. The Hall–Kier alpha value is -1.12. The molecule has 0 spiro atoms. The minimum Gasteiger partial charge on any atom is -0.295 e. The minimum absolute atomic E-state index is 0.0177. The van der Waals surface area contributed by atoms with Crippen LogP contribution < -0.4 is 10.4 Å². The van der Waals surface area contributed by atoms with Crippen molar-refractivity contribution < 1.29 is 8.42 Å². The van der Waals surface area contributed by atoms with Crippen molar-refractivity contribution in [3.05, 3.63) is 27.1 Å². The number of sulfonamides is 1. The van der Waals surface area contributed by atoms with E-state index in [-0.39, 0.29) is 16.6 Å². The second-order valence-electron chi connectivity index (χ2n) is 8.12. The summed E-state index contributed by atoms with van der Waals surface area (Å²) in [6.45, 7) is 0. The zero-order valence-corrected chi connectivity index (χ0v) is 18.1. The van der Waals surface area contributed by atoms with Crippen LogP contribution in [-0.4, -0.2) is 23.6 Å². The van der Waals surface area contributed by atoms with E-state index in [1.54, 1.807) is 26.2 Å². The smallest absolute Gasteiger partial charge is 0.295 e. The molecule has 6 nitrogen and oxygen atoms in total. The predicted octanol–water partition coefficient (Wildman–Crippen LogP) is 3.28. The Labute approximate surface area is 168 Å². The van der Waals surface area contributed by atoms with Gasteiger partial charge in [0.2, 0.25) is 10.0 Å². The summed E-state index contributed by atoms with van der Waals surface area (Å²) in [5, 5.41) is 0. The van der Waals surface area contributed by atoms with Crippen LogP contribution in [0.4, 0.5) is 0 Å². The molecule has 0 radical (unpaired) electrons. The summed E-state index contributed by atoms with van der Waals surface area (Å²) >= 11 is 3.38. The molecule has 0 atom stereocenters. The van der Waals surface area contributed by atoms with Gasteiger partial charge >= 0.3 is 5.69 Å². The van der Waals surface area contributed by atoms with Crippen molar-refractivity contribution in [3.8, 4) is 0 Å². The number of benzene rings is 1. The van der Waals surface area contributed by atoms with Crippen LogP contribution in [0.2, 0.25) is 0 Å². The van der Waals surface area contributed by atoms with Gasteiger partial charge in [-0.3, -0.25) is 9.13 Å². The van der Waals surface area contributed by atoms with Gasteiger partial charge in [0.25, 0.3) is 0 Å². The summed E-state index contributed by atoms with van der Waals surface area (Å²) in [7, 11) is -0.299. The lowest BCUT2D eigenvalue weighted by Gasteiger charge is -2.42. The van der Waals surface area contributed by atoms with Gasteiger partial charge in [0.1, 0.15) is 0 Å². The third kappa shape index (κ3) is 3.40. The van der Waals surface area contributed by atoms with Gasteiger partial charge in [-0.05, 0) is 52.7 Å². The van der Waals surface area contributed by atoms with E-state index in [1.807, 2.05) is 0 Å². The normalized spacial score (nSPS) is 24.3. The predicted molar refractivity (Wildman–Crippen MR) is 109 cm³/mol. The number of imidazole rings is 1. The van der Waals surface area contributed by atoms with Gasteiger partial charge in [0.15, 0.2) is 0 Å². The Morgan fingerprint density at radius 2 is 1.59 bits per heavy atom. The first-order valence-electron chi connectivity index (χ1n) is 9.65. The van der Waals surface area contributed by atoms with Gasteiger partial charge in [-0.2, -0.15) is 0 Å². The van der Waals surface area contributed by atoms with Crippen molar-refractivity contribution in [2.45, 2.75) is 55.9 Å². The average molecular weight is 456 g/mol. The first kappa shape index (κ1) is 19.2. The van der Waals surface area contributed by atoms with E-state index in [4.69, 9.17) is 0 Å². The fourth-order valence-corrected chi connectivity index (χ4v) is 7.05. The largest absolute Gasteiger partial charge is 0.328 e. The van der Waals surface area contributed by atoms with Crippen LogP contribution in [0.25, 0.3) is 11.0 Å². The number of nitrogens with one attached hydrogen (secondary N) is 1. The highest BCUT2D eigenvalue weighted by Crippen LogP contribution is 2.41. The summed E-state index contributed by atoms with van der Waals surface area (Å²) in [6, 6.07) is 3.31. The molecule has 1 N–H and O–H groups in total. The van der Waals surface area contributed by atoms with Crippen LogP contribution in [0, 0.1) is 11.8 Å². The fraction of sp³-hybridized carbons (Fsp3) is 0.632. The highest BCUT2D eigenvalue weighted by atomic mass is 79.9. The molecule has 0 saturated heterocycles. The second kappa shape index (κ2) is 7.04. The number of halogens is 1. The highest BCUT2D eigenvalue weighted by molar-refractivity contribution is 9.10. The molecule has 2 saturated carbocycles. The van der Waals surface area contributed by atoms with Crippen LogP contribution in [-0.2, 0) is 24.1 Å². The molecule has 8 heteroatoms. The van der Waals surface area contributed by atoms with Crippen LogP contribution in [0.1, 0.15) is 44.9 Å². The Morgan fingerprint density at radius 3 is 2.22 bits per heavy atom. The molecule has 2 aliphatic rings. The summed E-state index contributed by atoms with van der Waals surface area (Å²) in [5.74, 6) is 1.44. The molecule has 4 rings (SSSR count). The molecule has 1 aromatic carbocycles. The van der Waals surface area contributed by atoms with Crippen molar-refractivity contribution in [2.24, 2.45) is 25.9 Å². The zero-order valence-electron chi connectivity index (χ0n) is 15.7. The van der Waals surface area contributed by atoms with E-state index in [0.717, 1.165) is 18.8 Å². The lowest BCUT2D eigenvalue weighted by atomic mass is 9.68. The maximum Gasteiger partial charge on any atom is 0.328 e. The highest BCUT2D eigenvalue weighted by Gasteiger charge is 2.38. The first-order valence-corrected chi connectivity index (χ1v) is 11.9. The van der Waals surface area contributed by atoms with E-state index in [1.165, 1.54) is 41.2 Å². The third-order valence-electron chi connectivity index (χ3n) is 6.43. The maximum absolute atomic E-state index is 13.0. The number of rotatable bonds is 4. The molecule has 2 fully saturated rings. The molecule has 2 aromatic rings. The lowest BCUT2D eigenvalue weighted by Crippen LogP contribution is -2.46. The second-order valence-corrected chi connectivity index (χ2v) is 10.7. The molecule has 148 valence electrons. The monoisotopic (exact) mass is 455 g/mol. The molecule has 0 aliphatic heterocycles. The van der Waals surface area contributed by atoms with Gasteiger partial charge in [-0.15, -0.1) is 0 Å². The van der Waals surface area contributed by atoms with Gasteiger partial charge in [-0.25, -0.2) is 17.9 Å². The Bertz CT molecular complexity index is 1030. The van der Waals surface area contributed by atoms with Crippen molar-refractivity contribution in [1.82, 2.24) is 13.9 Å². The Kier molecular flexibility index (Phi) is 5.01. The Balaban J connectivity index is 1.53. The molecule has 27 heavy (non-hydrogen) atoms. The zero-order chi connectivity index (χ0) is 19.3. The van der Waals surface area contributed by atoms with E-state index in [0.29, 0.717) is 21.4 Å². The number of fused-ring (bicyclic) bond motifs is 1. The molecular formula is C19H26BrN3O3S. The van der Waals surface area contributed by atoms with E-state index >= 15 is 0 Å². The van der Waals surface area contributed by atoms with Gasteiger partial charge < -0.3 is 0 Å². The minimum atomic E-state index is -3.64. The average Bonchev–Trinajstić information content (AvgIpc) is 2.82. The summed E-state index contributed by atoms with van der Waals surface area (Å²) in [5.41, 5.74) is 1.14. The molecular weight excluding hydrogens is 430 g/mol. The van der Waals surface area contributed by atoms with Gasteiger partial charge in [0, 0.05) is 24.6 Å². The van der Waals surface area contributed by atoms with Crippen LogP contribution in [0.15, 0.2) is 26.3 Å². The van der Waals surface area contributed by atoms with E-state index < -0.39 is 10.0 Å². The summed E-state index contributed by atoms with van der Waals surface area (Å²) < 4.78 is 32.2. The van der Waals surface area contributed by atoms with E-state index in [2.05, 4.69) is 20.7 Å². The van der Waals surface area contributed by atoms with Crippen molar-refractivity contribution in [2.75, 3.05) is 0 Å². The summed E-state index contributed by atoms with van der Waals surface area (Å²) in [4.78, 5) is 12.3. The number of hydrogen-bond acceptors (Lipinski definition) is 3. The SMILES string of the molecule is Cn1c(=O)n(C)c2cc(S(=O)(=O)NC3CC(C4CCCCC4)C3)c(Br)cc21. The topological polar surface area (TPSA) is 73.1 Å². The molecule has 0 bridgehead atoms. The summed E-state index contributed by atoms with van der Waals surface area (Å²) in [6.07, 6.45) is 8.46. The van der Waals surface area contributed by atoms with Crippen molar-refractivity contribution in [1.29, 1.82) is 0 Å². The maximum atomic E-state index is 13.0. The third-order valence-corrected chi connectivity index (χ3v) is 8.91. The van der Waals surface area contributed by atoms with Crippen molar-refractivity contribution in [3.63, 3.8) is 0 Å². The van der Waals surface area contributed by atoms with Gasteiger partial charge in [-0.1, -0.05) is 32.1 Å². The number of nitrogens with zero attached hydrogens (tertiary/aromatic N) is 2.